The van der Waals surface area contributed by atoms with Crippen molar-refractivity contribution in [2.75, 3.05) is 23.9 Å². The van der Waals surface area contributed by atoms with Gasteiger partial charge in [-0.25, -0.2) is 8.42 Å². The molecule has 0 saturated heterocycles. The number of hydrogen-bond donors (Lipinski definition) is 1. The monoisotopic (exact) mass is 323 g/mol. The second-order valence-electron chi connectivity index (χ2n) is 4.86. The third-order valence-corrected chi connectivity index (χ3v) is 3.71. The van der Waals surface area contributed by atoms with Gasteiger partial charge in [0.1, 0.15) is 12.4 Å². The van der Waals surface area contributed by atoms with Gasteiger partial charge in [0.15, 0.2) is 9.84 Å². The molecule has 22 heavy (non-hydrogen) atoms. The maximum absolute atomic E-state index is 11.8. The van der Waals surface area contributed by atoms with Gasteiger partial charge in [-0.3, -0.25) is 4.79 Å². The lowest BCUT2D eigenvalue weighted by molar-refractivity contribution is -0.115. The molecule has 1 N–H and O–H groups in total. The number of nitrogens with one attached hydrogen (secondary N) is 1. The molecule has 0 fully saturated rings. The van der Waals surface area contributed by atoms with E-state index in [0.29, 0.717) is 11.4 Å². The van der Waals surface area contributed by atoms with Crippen LogP contribution in [0.25, 0.3) is 0 Å². The van der Waals surface area contributed by atoms with Crippen molar-refractivity contribution in [3.05, 3.63) is 48.4 Å². The lowest BCUT2D eigenvalue weighted by Gasteiger charge is -2.07. The van der Waals surface area contributed by atoms with Gasteiger partial charge < -0.3 is 14.5 Å². The zero-order chi connectivity index (χ0) is 16.0. The topological polar surface area (TPSA) is 85.6 Å². The zero-order valence-electron chi connectivity index (χ0n) is 12.1. The number of carbonyl (C=O) groups excluding carboxylic acids is 1. The summed E-state index contributed by atoms with van der Waals surface area (Å²) < 4.78 is 32.2. The summed E-state index contributed by atoms with van der Waals surface area (Å²) in [6, 6.07) is 8.48. The highest BCUT2D eigenvalue weighted by Gasteiger charge is 2.06. The minimum absolute atomic E-state index is 0.0316. The molecule has 0 atom stereocenters. The van der Waals surface area contributed by atoms with Crippen LogP contribution < -0.4 is 10.1 Å². The maximum atomic E-state index is 11.8. The van der Waals surface area contributed by atoms with E-state index in [4.69, 9.17) is 9.15 Å². The molecule has 0 aliphatic rings. The Morgan fingerprint density at radius 2 is 1.95 bits per heavy atom. The van der Waals surface area contributed by atoms with Gasteiger partial charge in [-0.2, -0.15) is 0 Å². The maximum Gasteiger partial charge on any atom is 0.228 e. The van der Waals surface area contributed by atoms with Crippen molar-refractivity contribution < 1.29 is 22.4 Å². The Balaban J connectivity index is 1.82. The number of rotatable bonds is 7. The summed E-state index contributed by atoms with van der Waals surface area (Å²) in [5, 5.41) is 2.76. The van der Waals surface area contributed by atoms with E-state index < -0.39 is 9.84 Å². The van der Waals surface area contributed by atoms with E-state index >= 15 is 0 Å². The summed E-state index contributed by atoms with van der Waals surface area (Å²) in [5.41, 5.74) is 1.45. The second kappa shape index (κ2) is 7.13. The van der Waals surface area contributed by atoms with Crippen LogP contribution in [0.2, 0.25) is 0 Å². The molecular formula is C15H17NO5S. The fraction of sp³-hybridized carbons (Fsp3) is 0.267. The highest BCUT2D eigenvalue weighted by molar-refractivity contribution is 7.90. The van der Waals surface area contributed by atoms with Gasteiger partial charge in [0.05, 0.1) is 24.7 Å². The van der Waals surface area contributed by atoms with Crippen LogP contribution in [0.1, 0.15) is 5.56 Å². The van der Waals surface area contributed by atoms with Crippen molar-refractivity contribution in [1.82, 2.24) is 0 Å². The average Bonchev–Trinajstić information content (AvgIpc) is 2.92. The number of amides is 1. The molecular weight excluding hydrogens is 306 g/mol. The van der Waals surface area contributed by atoms with Crippen molar-refractivity contribution in [3.63, 3.8) is 0 Å². The number of carbonyl (C=O) groups is 1. The standard InChI is InChI=1S/C15H17NO5S/c1-22(18,19)9-8-21-14-4-2-13(3-5-14)16-15(17)10-12-6-7-20-11-12/h2-7,11H,8-10H2,1H3,(H,16,17). The highest BCUT2D eigenvalue weighted by atomic mass is 32.2. The van der Waals surface area contributed by atoms with Gasteiger partial charge in [0.2, 0.25) is 5.91 Å². The van der Waals surface area contributed by atoms with Crippen LogP contribution in [0.4, 0.5) is 5.69 Å². The predicted octanol–water partition coefficient (Wildman–Crippen LogP) is 1.88. The lowest BCUT2D eigenvalue weighted by Crippen LogP contribution is -2.14. The van der Waals surface area contributed by atoms with Crippen LogP contribution >= 0.6 is 0 Å². The molecule has 0 bridgehead atoms. The number of benzene rings is 1. The molecule has 1 aromatic carbocycles. The molecule has 118 valence electrons. The van der Waals surface area contributed by atoms with Crippen molar-refractivity contribution in [2.24, 2.45) is 0 Å². The van der Waals surface area contributed by atoms with Crippen LogP contribution in [-0.4, -0.2) is 32.9 Å². The number of anilines is 1. The van der Waals surface area contributed by atoms with Gasteiger partial charge in [0.25, 0.3) is 0 Å². The van der Waals surface area contributed by atoms with Crippen LogP contribution in [0.5, 0.6) is 5.75 Å². The van der Waals surface area contributed by atoms with E-state index in [2.05, 4.69) is 5.32 Å². The number of hydrogen-bond acceptors (Lipinski definition) is 5. The average molecular weight is 323 g/mol. The first kappa shape index (κ1) is 16.1. The first-order valence-electron chi connectivity index (χ1n) is 6.64. The summed E-state index contributed by atoms with van der Waals surface area (Å²) in [4.78, 5) is 11.8. The number of ether oxygens (including phenoxy) is 1. The third-order valence-electron chi connectivity index (χ3n) is 2.81. The van der Waals surface area contributed by atoms with Gasteiger partial charge in [-0.05, 0) is 35.9 Å². The molecule has 0 unspecified atom stereocenters. The summed E-state index contributed by atoms with van der Waals surface area (Å²) in [6.45, 7) is 0.102. The van der Waals surface area contributed by atoms with Crippen LogP contribution in [0.15, 0.2) is 47.3 Å². The fourth-order valence-corrected chi connectivity index (χ4v) is 2.12. The first-order valence-corrected chi connectivity index (χ1v) is 8.70. The molecule has 1 amide bonds. The van der Waals surface area contributed by atoms with Gasteiger partial charge >= 0.3 is 0 Å². The molecule has 1 aromatic heterocycles. The van der Waals surface area contributed by atoms with E-state index in [0.717, 1.165) is 11.8 Å². The van der Waals surface area contributed by atoms with Crippen LogP contribution in [-0.2, 0) is 21.1 Å². The quantitative estimate of drug-likeness (QED) is 0.841. The van der Waals surface area contributed by atoms with Crippen LogP contribution in [0, 0.1) is 0 Å². The van der Waals surface area contributed by atoms with E-state index in [1.54, 1.807) is 30.3 Å². The summed E-state index contributed by atoms with van der Waals surface area (Å²) in [7, 11) is -3.03. The minimum Gasteiger partial charge on any atom is -0.493 e. The smallest absolute Gasteiger partial charge is 0.228 e. The molecule has 0 radical (unpaired) electrons. The normalized spacial score (nSPS) is 11.1. The van der Waals surface area contributed by atoms with Crippen LogP contribution in [0.3, 0.4) is 0 Å². The van der Waals surface area contributed by atoms with Gasteiger partial charge in [-0.15, -0.1) is 0 Å². The summed E-state index contributed by atoms with van der Waals surface area (Å²) >= 11 is 0. The Morgan fingerprint density at radius 1 is 1.23 bits per heavy atom. The summed E-state index contributed by atoms with van der Waals surface area (Å²) in [5.74, 6) is 0.375. The second-order valence-corrected chi connectivity index (χ2v) is 7.12. The summed E-state index contributed by atoms with van der Waals surface area (Å²) in [6.07, 6.45) is 4.45. The van der Waals surface area contributed by atoms with Crippen molar-refractivity contribution in [2.45, 2.75) is 6.42 Å². The third kappa shape index (κ3) is 5.61. The van der Waals surface area contributed by atoms with E-state index in [9.17, 15) is 13.2 Å². The Hall–Kier alpha value is -2.28. The molecule has 6 nitrogen and oxygen atoms in total. The molecule has 2 rings (SSSR count). The van der Waals surface area contributed by atoms with E-state index in [1.807, 2.05) is 0 Å². The highest BCUT2D eigenvalue weighted by Crippen LogP contribution is 2.16. The molecule has 0 aliphatic carbocycles. The van der Waals surface area contributed by atoms with Crippen molar-refractivity contribution in [3.8, 4) is 5.75 Å². The van der Waals surface area contributed by atoms with Crippen molar-refractivity contribution >= 4 is 21.4 Å². The molecule has 0 spiro atoms. The largest absolute Gasteiger partial charge is 0.493 e. The van der Waals surface area contributed by atoms with Crippen molar-refractivity contribution in [1.29, 1.82) is 0 Å². The Kier molecular flexibility index (Phi) is 5.21. The molecule has 1 heterocycles. The molecule has 0 aliphatic heterocycles. The predicted molar refractivity (Wildman–Crippen MR) is 82.7 cm³/mol. The van der Waals surface area contributed by atoms with Gasteiger partial charge in [0, 0.05) is 11.9 Å². The fourth-order valence-electron chi connectivity index (χ4n) is 1.73. The Morgan fingerprint density at radius 3 is 2.55 bits per heavy atom. The first-order chi connectivity index (χ1) is 10.4. The SMILES string of the molecule is CS(=O)(=O)CCOc1ccc(NC(=O)Cc2ccoc2)cc1. The molecule has 0 saturated carbocycles. The Bertz CT molecular complexity index is 705. The Labute approximate surface area is 129 Å². The minimum atomic E-state index is -3.03. The lowest BCUT2D eigenvalue weighted by atomic mass is 10.2. The number of furan rings is 1. The zero-order valence-corrected chi connectivity index (χ0v) is 12.9. The molecule has 7 heteroatoms. The van der Waals surface area contributed by atoms with E-state index in [-0.39, 0.29) is 24.7 Å². The van der Waals surface area contributed by atoms with Gasteiger partial charge in [-0.1, -0.05) is 0 Å². The number of sulfone groups is 1. The van der Waals surface area contributed by atoms with E-state index in [1.165, 1.54) is 12.5 Å². The molecule has 2 aromatic rings.